The molecule has 5 heteroatoms. The van der Waals surface area contributed by atoms with E-state index in [9.17, 15) is 4.79 Å². The maximum absolute atomic E-state index is 12.2. The van der Waals surface area contributed by atoms with Gasteiger partial charge in [0, 0.05) is 18.5 Å². The number of carbonyl (C=O) groups is 1. The molecular weight excluding hydrogens is 204 g/mol. The Balaban J connectivity index is 2.11. The topological polar surface area (TPSA) is 73.8 Å². The van der Waals surface area contributed by atoms with Crippen LogP contribution in [0, 0.1) is 5.92 Å². The highest BCUT2D eigenvalue weighted by atomic mass is 16.1. The van der Waals surface area contributed by atoms with E-state index in [1.54, 1.807) is 10.9 Å². The van der Waals surface area contributed by atoms with Gasteiger partial charge in [0.05, 0.1) is 6.20 Å². The lowest BCUT2D eigenvalue weighted by Gasteiger charge is -2.09. The monoisotopic (exact) mass is 222 g/mol. The molecule has 2 N–H and O–H groups in total. The molecule has 0 aliphatic heterocycles. The Hall–Kier alpha value is -1.23. The molecule has 16 heavy (non-hydrogen) atoms. The number of carbonyl (C=O) groups excluding carboxylic acids is 1. The Morgan fingerprint density at radius 2 is 2.44 bits per heavy atom. The van der Waals surface area contributed by atoms with E-state index in [4.69, 9.17) is 5.73 Å². The van der Waals surface area contributed by atoms with Gasteiger partial charge in [-0.25, -0.2) is 4.68 Å². The molecule has 5 nitrogen and oxygen atoms in total. The minimum atomic E-state index is 0.0732. The zero-order chi connectivity index (χ0) is 11.5. The third-order valence-corrected chi connectivity index (χ3v) is 3.15. The van der Waals surface area contributed by atoms with Crippen molar-refractivity contribution in [1.29, 1.82) is 0 Å². The SMILES string of the molecule is CCCn1nncc1C(=O)C1CCC(N)C1. The zero-order valence-corrected chi connectivity index (χ0v) is 9.59. The van der Waals surface area contributed by atoms with Crippen LogP contribution in [0.4, 0.5) is 0 Å². The summed E-state index contributed by atoms with van der Waals surface area (Å²) in [5.41, 5.74) is 6.46. The number of aromatic nitrogens is 3. The Kier molecular flexibility index (Phi) is 3.33. The number of aryl methyl sites for hydroxylation is 1. The fourth-order valence-corrected chi connectivity index (χ4v) is 2.29. The van der Waals surface area contributed by atoms with E-state index < -0.39 is 0 Å². The van der Waals surface area contributed by atoms with Crippen LogP contribution >= 0.6 is 0 Å². The highest BCUT2D eigenvalue weighted by Gasteiger charge is 2.30. The lowest BCUT2D eigenvalue weighted by molar-refractivity contribution is 0.0910. The molecule has 1 aromatic rings. The van der Waals surface area contributed by atoms with Crippen LogP contribution in [0.3, 0.4) is 0 Å². The van der Waals surface area contributed by atoms with Gasteiger partial charge >= 0.3 is 0 Å². The molecule has 2 atom stereocenters. The van der Waals surface area contributed by atoms with Gasteiger partial charge in [-0.2, -0.15) is 0 Å². The van der Waals surface area contributed by atoms with E-state index in [2.05, 4.69) is 17.2 Å². The quantitative estimate of drug-likeness (QED) is 0.771. The van der Waals surface area contributed by atoms with E-state index in [1.165, 1.54) is 0 Å². The molecule has 88 valence electrons. The molecule has 1 heterocycles. The molecule has 2 rings (SSSR count). The lowest BCUT2D eigenvalue weighted by atomic mass is 10.00. The molecule has 0 saturated heterocycles. The predicted octanol–water partition coefficient (Wildman–Crippen LogP) is 0.998. The van der Waals surface area contributed by atoms with Crippen molar-refractivity contribution in [1.82, 2.24) is 15.0 Å². The van der Waals surface area contributed by atoms with Gasteiger partial charge in [-0.15, -0.1) is 5.10 Å². The first-order valence-electron chi connectivity index (χ1n) is 5.90. The van der Waals surface area contributed by atoms with Crippen molar-refractivity contribution in [2.75, 3.05) is 0 Å². The number of Topliss-reactive ketones (excluding diaryl/α,β-unsaturated/α-hetero) is 1. The number of nitrogens with two attached hydrogens (primary N) is 1. The van der Waals surface area contributed by atoms with E-state index in [-0.39, 0.29) is 17.7 Å². The summed E-state index contributed by atoms with van der Waals surface area (Å²) in [6.45, 7) is 2.81. The maximum atomic E-state index is 12.2. The fraction of sp³-hybridized carbons (Fsp3) is 0.727. The van der Waals surface area contributed by atoms with E-state index in [1.807, 2.05) is 0 Å². The first-order chi connectivity index (χ1) is 7.72. The van der Waals surface area contributed by atoms with Crippen molar-refractivity contribution in [3.05, 3.63) is 11.9 Å². The average Bonchev–Trinajstić information content (AvgIpc) is 2.87. The van der Waals surface area contributed by atoms with Crippen molar-refractivity contribution in [3.8, 4) is 0 Å². The van der Waals surface area contributed by atoms with Crippen molar-refractivity contribution >= 4 is 5.78 Å². The Morgan fingerprint density at radius 1 is 1.62 bits per heavy atom. The second-order valence-corrected chi connectivity index (χ2v) is 4.48. The summed E-state index contributed by atoms with van der Waals surface area (Å²) in [6, 6.07) is 0.185. The molecule has 1 saturated carbocycles. The minimum absolute atomic E-state index is 0.0732. The second-order valence-electron chi connectivity index (χ2n) is 4.48. The molecule has 0 bridgehead atoms. The van der Waals surface area contributed by atoms with Gasteiger partial charge in [-0.3, -0.25) is 4.79 Å². The van der Waals surface area contributed by atoms with Crippen LogP contribution in [0.2, 0.25) is 0 Å². The Labute approximate surface area is 95.0 Å². The Bertz CT molecular complexity index is 374. The molecule has 1 aromatic heterocycles. The number of ketones is 1. The van der Waals surface area contributed by atoms with Crippen LogP contribution in [0.1, 0.15) is 43.1 Å². The highest BCUT2D eigenvalue weighted by molar-refractivity contribution is 5.96. The zero-order valence-electron chi connectivity index (χ0n) is 9.59. The van der Waals surface area contributed by atoms with Crippen LogP contribution in [0.25, 0.3) is 0 Å². The molecule has 0 radical (unpaired) electrons. The van der Waals surface area contributed by atoms with Crippen LogP contribution in [-0.4, -0.2) is 26.8 Å². The molecule has 1 fully saturated rings. The smallest absolute Gasteiger partial charge is 0.185 e. The van der Waals surface area contributed by atoms with Gasteiger partial charge in [0.15, 0.2) is 5.78 Å². The van der Waals surface area contributed by atoms with Crippen molar-refractivity contribution < 1.29 is 4.79 Å². The second kappa shape index (κ2) is 4.74. The summed E-state index contributed by atoms with van der Waals surface area (Å²) >= 11 is 0. The number of hydrogen-bond acceptors (Lipinski definition) is 4. The van der Waals surface area contributed by atoms with Gasteiger partial charge < -0.3 is 5.73 Å². The predicted molar refractivity (Wildman–Crippen MR) is 60.0 cm³/mol. The minimum Gasteiger partial charge on any atom is -0.328 e. The van der Waals surface area contributed by atoms with Crippen LogP contribution in [0.15, 0.2) is 6.20 Å². The van der Waals surface area contributed by atoms with Gasteiger partial charge in [-0.05, 0) is 25.7 Å². The summed E-state index contributed by atoms with van der Waals surface area (Å²) in [6.07, 6.45) is 5.18. The number of rotatable bonds is 4. The maximum Gasteiger partial charge on any atom is 0.185 e. The van der Waals surface area contributed by atoms with Crippen LogP contribution in [0.5, 0.6) is 0 Å². The number of hydrogen-bond donors (Lipinski definition) is 1. The van der Waals surface area contributed by atoms with Crippen molar-refractivity contribution in [2.45, 2.75) is 45.2 Å². The van der Waals surface area contributed by atoms with Gasteiger partial charge in [-0.1, -0.05) is 12.1 Å². The summed E-state index contributed by atoms with van der Waals surface area (Å²) in [7, 11) is 0. The summed E-state index contributed by atoms with van der Waals surface area (Å²) < 4.78 is 1.70. The van der Waals surface area contributed by atoms with Crippen molar-refractivity contribution in [3.63, 3.8) is 0 Å². The average molecular weight is 222 g/mol. The normalized spacial score (nSPS) is 24.9. The largest absolute Gasteiger partial charge is 0.328 e. The molecule has 0 spiro atoms. The van der Waals surface area contributed by atoms with E-state index in [0.717, 1.165) is 32.2 Å². The van der Waals surface area contributed by atoms with Gasteiger partial charge in [0.25, 0.3) is 0 Å². The third-order valence-electron chi connectivity index (χ3n) is 3.15. The molecule has 0 aromatic carbocycles. The molecule has 2 unspecified atom stereocenters. The van der Waals surface area contributed by atoms with Crippen molar-refractivity contribution in [2.24, 2.45) is 11.7 Å². The first-order valence-corrected chi connectivity index (χ1v) is 5.90. The van der Waals surface area contributed by atoms with Crippen LogP contribution < -0.4 is 5.73 Å². The summed E-state index contributed by atoms with van der Waals surface area (Å²) in [5.74, 6) is 0.232. The third kappa shape index (κ3) is 2.14. The van der Waals surface area contributed by atoms with E-state index >= 15 is 0 Å². The number of nitrogens with zero attached hydrogens (tertiary/aromatic N) is 3. The standard InChI is InChI=1S/C11H18N4O/c1-2-5-15-10(7-13-14-15)11(16)8-3-4-9(12)6-8/h7-9H,2-6,12H2,1H3. The molecule has 1 aliphatic rings. The molecular formula is C11H18N4O. The first kappa shape index (κ1) is 11.3. The summed E-state index contributed by atoms with van der Waals surface area (Å²) in [4.78, 5) is 12.2. The highest BCUT2D eigenvalue weighted by Crippen LogP contribution is 2.27. The van der Waals surface area contributed by atoms with Crippen LogP contribution in [-0.2, 0) is 6.54 Å². The van der Waals surface area contributed by atoms with Gasteiger partial charge in [0.1, 0.15) is 5.69 Å². The fourth-order valence-electron chi connectivity index (χ4n) is 2.29. The lowest BCUT2D eigenvalue weighted by Crippen LogP contribution is -2.20. The Morgan fingerprint density at radius 3 is 3.06 bits per heavy atom. The molecule has 0 amide bonds. The van der Waals surface area contributed by atoms with E-state index in [0.29, 0.717) is 5.69 Å². The summed E-state index contributed by atoms with van der Waals surface area (Å²) in [5, 5.41) is 7.75. The molecule has 1 aliphatic carbocycles. The van der Waals surface area contributed by atoms with Gasteiger partial charge in [0.2, 0.25) is 0 Å².